The summed E-state index contributed by atoms with van der Waals surface area (Å²) in [5.74, 6) is -1.44. The normalized spacial score (nSPS) is 15.0. The predicted molar refractivity (Wildman–Crippen MR) is 147 cm³/mol. The Labute approximate surface area is 243 Å². The highest BCUT2D eigenvalue weighted by Gasteiger charge is 2.47. The minimum Gasteiger partial charge on any atom is -0.382 e. The fraction of sp³-hybridized carbons (Fsp3) is 0.379. The van der Waals surface area contributed by atoms with E-state index in [2.05, 4.69) is 30.9 Å². The summed E-state index contributed by atoms with van der Waals surface area (Å²) in [5.41, 5.74) is -1.69. The summed E-state index contributed by atoms with van der Waals surface area (Å²) in [5, 5.41) is 33.9. The first kappa shape index (κ1) is 29.6. The number of alkyl halides is 3. The summed E-state index contributed by atoms with van der Waals surface area (Å²) < 4.78 is 71.7. The van der Waals surface area contributed by atoms with E-state index in [9.17, 15) is 28.1 Å². The Balaban J connectivity index is 1.65. The zero-order chi connectivity index (χ0) is 31.3. The molecule has 5 rings (SSSR count). The highest BCUT2D eigenvalue weighted by molar-refractivity contribution is 5.99. The van der Waals surface area contributed by atoms with Crippen molar-refractivity contribution in [3.8, 4) is 12.1 Å². The molecule has 1 fully saturated rings. The van der Waals surface area contributed by atoms with Crippen molar-refractivity contribution in [3.63, 3.8) is 0 Å². The highest BCUT2D eigenvalue weighted by atomic mass is 19.4. The molecule has 0 amide bonds. The van der Waals surface area contributed by atoms with Crippen molar-refractivity contribution in [3.05, 3.63) is 70.4 Å². The van der Waals surface area contributed by atoms with Crippen LogP contribution in [0, 0.1) is 46.9 Å². The fourth-order valence-corrected chi connectivity index (χ4v) is 4.66. The van der Waals surface area contributed by atoms with Crippen LogP contribution in [-0.2, 0) is 5.54 Å². The summed E-state index contributed by atoms with van der Waals surface area (Å²) in [6, 6.07) is 8.39. The van der Waals surface area contributed by atoms with Crippen molar-refractivity contribution in [1.29, 1.82) is 10.5 Å². The number of benzene rings is 1. The van der Waals surface area contributed by atoms with Crippen LogP contribution in [0.4, 0.5) is 33.3 Å². The zero-order valence-corrected chi connectivity index (χ0v) is 23.6. The van der Waals surface area contributed by atoms with Gasteiger partial charge in [-0.05, 0) is 58.7 Å². The second kappa shape index (κ2) is 10.5. The standard InChI is InChI=1S/C29H26F5N9/c1-15-19(5-6-21(30)39-15)24(25-26(31)43(42-41-25)28(4)7-8-28)40-18-9-16(11-35)22-20(10-18)23(17(12-36)13-37-22)38-14-27(2,3)29(32,33)34/h5-6,9-10,13,24,40H,7-8,14H2,1-4H3,(H,37,38). The van der Waals surface area contributed by atoms with Gasteiger partial charge in [0.2, 0.25) is 11.9 Å². The maximum absolute atomic E-state index is 15.8. The Hall–Kier alpha value is -4.85. The first-order valence-corrected chi connectivity index (χ1v) is 13.3. The van der Waals surface area contributed by atoms with Crippen LogP contribution in [0.25, 0.3) is 10.9 Å². The maximum Gasteiger partial charge on any atom is 0.395 e. The molecule has 2 N–H and O–H groups in total. The number of aromatic nitrogens is 5. The molecule has 4 aromatic rings. The smallest absolute Gasteiger partial charge is 0.382 e. The number of halogens is 5. The summed E-state index contributed by atoms with van der Waals surface area (Å²) in [4.78, 5) is 8.08. The molecular weight excluding hydrogens is 569 g/mol. The van der Waals surface area contributed by atoms with E-state index in [1.54, 1.807) is 6.92 Å². The maximum atomic E-state index is 15.8. The molecule has 222 valence electrons. The minimum atomic E-state index is -4.53. The van der Waals surface area contributed by atoms with Crippen LogP contribution in [0.5, 0.6) is 0 Å². The third-order valence-corrected chi connectivity index (χ3v) is 7.80. The van der Waals surface area contributed by atoms with E-state index in [4.69, 9.17) is 0 Å². The summed E-state index contributed by atoms with van der Waals surface area (Å²) in [7, 11) is 0. The molecule has 1 unspecified atom stereocenters. The van der Waals surface area contributed by atoms with Crippen LogP contribution in [0.1, 0.15) is 67.7 Å². The second-order valence-corrected chi connectivity index (χ2v) is 11.5. The molecule has 1 atom stereocenters. The van der Waals surface area contributed by atoms with Gasteiger partial charge in [-0.1, -0.05) is 11.3 Å². The molecule has 1 aliphatic rings. The predicted octanol–water partition coefficient (Wildman–Crippen LogP) is 6.26. The quantitative estimate of drug-likeness (QED) is 0.180. The van der Waals surface area contributed by atoms with Gasteiger partial charge in [-0.25, -0.2) is 9.67 Å². The van der Waals surface area contributed by atoms with Crippen LogP contribution in [0.3, 0.4) is 0 Å². The van der Waals surface area contributed by atoms with Gasteiger partial charge in [0.1, 0.15) is 23.9 Å². The fourth-order valence-electron chi connectivity index (χ4n) is 4.66. The van der Waals surface area contributed by atoms with Crippen molar-refractivity contribution >= 4 is 22.3 Å². The average Bonchev–Trinajstić information content (AvgIpc) is 3.57. The van der Waals surface area contributed by atoms with Crippen LogP contribution in [0.2, 0.25) is 0 Å². The lowest BCUT2D eigenvalue weighted by atomic mass is 9.92. The molecule has 0 radical (unpaired) electrons. The third kappa shape index (κ3) is 5.41. The first-order chi connectivity index (χ1) is 20.2. The Morgan fingerprint density at radius 1 is 1.09 bits per heavy atom. The van der Waals surface area contributed by atoms with Gasteiger partial charge in [0.25, 0.3) is 0 Å². The Morgan fingerprint density at radius 3 is 2.40 bits per heavy atom. The summed E-state index contributed by atoms with van der Waals surface area (Å²) >= 11 is 0. The monoisotopic (exact) mass is 595 g/mol. The Morgan fingerprint density at radius 2 is 1.79 bits per heavy atom. The van der Waals surface area contributed by atoms with Gasteiger partial charge in [-0.3, -0.25) is 4.98 Å². The van der Waals surface area contributed by atoms with Crippen LogP contribution in [-0.4, -0.2) is 37.7 Å². The number of fused-ring (bicyclic) bond motifs is 1. The number of pyridine rings is 2. The SMILES string of the molecule is Cc1nc(F)ccc1C(Nc1cc(C#N)c2ncc(C#N)c(NCC(C)(C)C(F)(F)F)c2c1)c1nnn(C2(C)CC2)c1F. The number of anilines is 2. The van der Waals surface area contributed by atoms with Crippen molar-refractivity contribution in [2.24, 2.45) is 5.41 Å². The van der Waals surface area contributed by atoms with Gasteiger partial charge < -0.3 is 10.6 Å². The van der Waals surface area contributed by atoms with E-state index in [0.29, 0.717) is 18.4 Å². The van der Waals surface area contributed by atoms with Crippen molar-refractivity contribution in [1.82, 2.24) is 25.0 Å². The number of nitrogens with zero attached hydrogens (tertiary/aromatic N) is 7. The van der Waals surface area contributed by atoms with E-state index in [1.807, 2.05) is 19.1 Å². The van der Waals surface area contributed by atoms with E-state index in [0.717, 1.165) is 19.9 Å². The molecule has 1 aliphatic carbocycles. The topological polar surface area (TPSA) is 128 Å². The third-order valence-electron chi connectivity index (χ3n) is 7.80. The van der Waals surface area contributed by atoms with Crippen LogP contribution in [0.15, 0.2) is 30.5 Å². The molecule has 43 heavy (non-hydrogen) atoms. The Bertz CT molecular complexity index is 1810. The van der Waals surface area contributed by atoms with Crippen LogP contribution < -0.4 is 10.6 Å². The number of hydrogen-bond acceptors (Lipinski definition) is 8. The number of aryl methyl sites for hydroxylation is 1. The minimum absolute atomic E-state index is 0.0340. The molecule has 14 heteroatoms. The average molecular weight is 596 g/mol. The molecule has 1 aromatic carbocycles. The Kier molecular flexibility index (Phi) is 7.20. The molecule has 9 nitrogen and oxygen atoms in total. The van der Waals surface area contributed by atoms with E-state index in [-0.39, 0.29) is 44.8 Å². The lowest BCUT2D eigenvalue weighted by Crippen LogP contribution is -2.38. The largest absolute Gasteiger partial charge is 0.395 e. The highest BCUT2D eigenvalue weighted by Crippen LogP contribution is 2.44. The van der Waals surface area contributed by atoms with Gasteiger partial charge in [0.15, 0.2) is 0 Å². The number of nitrogens with one attached hydrogen (secondary N) is 2. The van der Waals surface area contributed by atoms with Crippen LogP contribution >= 0.6 is 0 Å². The van der Waals surface area contributed by atoms with Gasteiger partial charge in [0, 0.05) is 35.1 Å². The number of nitriles is 2. The zero-order valence-electron chi connectivity index (χ0n) is 23.6. The van der Waals surface area contributed by atoms with Gasteiger partial charge in [-0.15, -0.1) is 5.10 Å². The summed E-state index contributed by atoms with van der Waals surface area (Å²) in [6.45, 7) is 4.87. The van der Waals surface area contributed by atoms with E-state index >= 15 is 4.39 Å². The summed E-state index contributed by atoms with van der Waals surface area (Å²) in [6.07, 6.45) is -1.92. The molecule has 3 heterocycles. The number of hydrogen-bond donors (Lipinski definition) is 2. The van der Waals surface area contributed by atoms with E-state index < -0.39 is 41.6 Å². The molecular formula is C29H26F5N9. The van der Waals surface area contributed by atoms with Crippen molar-refractivity contribution in [2.75, 3.05) is 17.2 Å². The first-order valence-electron chi connectivity index (χ1n) is 13.3. The molecule has 1 saturated carbocycles. The van der Waals surface area contributed by atoms with Gasteiger partial charge in [-0.2, -0.15) is 32.5 Å². The van der Waals surface area contributed by atoms with E-state index in [1.165, 1.54) is 29.1 Å². The lowest BCUT2D eigenvalue weighted by Gasteiger charge is -2.28. The van der Waals surface area contributed by atoms with Gasteiger partial charge in [0.05, 0.1) is 33.3 Å². The number of rotatable bonds is 8. The van der Waals surface area contributed by atoms with Gasteiger partial charge >= 0.3 is 6.18 Å². The molecule has 0 bridgehead atoms. The molecule has 0 saturated heterocycles. The lowest BCUT2D eigenvalue weighted by molar-refractivity contribution is -0.206. The second-order valence-electron chi connectivity index (χ2n) is 11.5. The van der Waals surface area contributed by atoms with Crippen molar-refractivity contribution < 1.29 is 22.0 Å². The van der Waals surface area contributed by atoms with Crippen molar-refractivity contribution in [2.45, 2.75) is 58.3 Å². The molecule has 0 spiro atoms. The molecule has 0 aliphatic heterocycles. The molecule has 3 aromatic heterocycles.